The largest absolute Gasteiger partial charge is 0.488 e. The Morgan fingerprint density at radius 3 is 2.67 bits per heavy atom. The summed E-state index contributed by atoms with van der Waals surface area (Å²) in [4.78, 5) is 28.4. The van der Waals surface area contributed by atoms with Gasteiger partial charge in [-0.25, -0.2) is 4.98 Å². The van der Waals surface area contributed by atoms with Crippen molar-refractivity contribution in [2.45, 2.75) is 13.5 Å². The maximum Gasteiger partial charge on any atom is 0.251 e. The van der Waals surface area contributed by atoms with Crippen LogP contribution in [0.15, 0.2) is 54.6 Å². The van der Waals surface area contributed by atoms with Crippen LogP contribution in [0.3, 0.4) is 0 Å². The molecule has 3 N–H and O–H groups in total. The summed E-state index contributed by atoms with van der Waals surface area (Å²) in [6.07, 6.45) is 0. The number of nitrogens with zero attached hydrogens (tertiary/aromatic N) is 1. The van der Waals surface area contributed by atoms with Crippen molar-refractivity contribution in [1.82, 2.24) is 10.3 Å². The highest BCUT2D eigenvalue weighted by Crippen LogP contribution is 2.28. The van der Waals surface area contributed by atoms with Crippen molar-refractivity contribution in [2.24, 2.45) is 5.73 Å². The summed E-state index contributed by atoms with van der Waals surface area (Å²) in [7, 11) is 0. The van der Waals surface area contributed by atoms with Gasteiger partial charge in [-0.3, -0.25) is 9.59 Å². The van der Waals surface area contributed by atoms with Gasteiger partial charge in [-0.2, -0.15) is 0 Å². The number of carbonyl (C=O) groups excluding carboxylic acids is 2. The minimum atomic E-state index is -0.592. The van der Waals surface area contributed by atoms with E-state index in [0.29, 0.717) is 17.9 Å². The number of thiazole rings is 1. The Morgan fingerprint density at radius 1 is 1.15 bits per heavy atom. The topological polar surface area (TPSA) is 94.3 Å². The molecule has 0 saturated carbocycles. The Hall–Kier alpha value is -3.19. The van der Waals surface area contributed by atoms with Crippen LogP contribution in [0.25, 0.3) is 10.6 Å². The summed E-state index contributed by atoms with van der Waals surface area (Å²) in [5, 5.41) is 3.40. The van der Waals surface area contributed by atoms with Crippen LogP contribution in [0.4, 0.5) is 0 Å². The number of amides is 2. The maximum atomic E-state index is 12.0. The van der Waals surface area contributed by atoms with Crippen LogP contribution in [-0.2, 0) is 11.4 Å². The monoisotopic (exact) mass is 381 g/mol. The number of nitrogens with two attached hydrogens (primary N) is 1. The van der Waals surface area contributed by atoms with E-state index in [0.717, 1.165) is 21.1 Å². The zero-order chi connectivity index (χ0) is 19.2. The lowest BCUT2D eigenvalue weighted by Crippen LogP contribution is -2.33. The van der Waals surface area contributed by atoms with Gasteiger partial charge in [0.05, 0.1) is 17.1 Å². The van der Waals surface area contributed by atoms with Crippen molar-refractivity contribution in [1.29, 1.82) is 0 Å². The second-order valence-electron chi connectivity index (χ2n) is 5.86. The Morgan fingerprint density at radius 2 is 1.93 bits per heavy atom. The predicted octanol–water partition coefficient (Wildman–Crippen LogP) is 2.91. The number of benzene rings is 2. The van der Waals surface area contributed by atoms with Crippen LogP contribution in [0, 0.1) is 6.92 Å². The van der Waals surface area contributed by atoms with Crippen molar-refractivity contribution < 1.29 is 14.3 Å². The molecule has 0 aliphatic rings. The van der Waals surface area contributed by atoms with Crippen LogP contribution < -0.4 is 15.8 Å². The average Bonchev–Trinajstić information content (AvgIpc) is 3.06. The molecule has 0 spiro atoms. The Labute approximate surface area is 161 Å². The van der Waals surface area contributed by atoms with Crippen LogP contribution >= 0.6 is 11.3 Å². The second kappa shape index (κ2) is 8.46. The lowest BCUT2D eigenvalue weighted by atomic mass is 10.2. The first-order chi connectivity index (χ1) is 13.0. The number of ether oxygens (including phenoxy) is 1. The van der Waals surface area contributed by atoms with E-state index in [2.05, 4.69) is 10.3 Å². The fraction of sp³-hybridized carbons (Fsp3) is 0.150. The van der Waals surface area contributed by atoms with Gasteiger partial charge in [0.2, 0.25) is 5.91 Å². The minimum Gasteiger partial charge on any atom is -0.488 e. The molecule has 3 aromatic rings. The van der Waals surface area contributed by atoms with Crippen molar-refractivity contribution in [3.05, 3.63) is 70.7 Å². The van der Waals surface area contributed by atoms with Gasteiger partial charge in [0.15, 0.2) is 0 Å². The van der Waals surface area contributed by atoms with Gasteiger partial charge >= 0.3 is 0 Å². The van der Waals surface area contributed by atoms with E-state index in [1.165, 1.54) is 0 Å². The van der Waals surface area contributed by atoms with Crippen molar-refractivity contribution in [2.75, 3.05) is 6.54 Å². The summed E-state index contributed by atoms with van der Waals surface area (Å²) in [6.45, 7) is 2.12. The summed E-state index contributed by atoms with van der Waals surface area (Å²) in [5.74, 6) is -0.402. The minimum absolute atomic E-state index is 0.202. The van der Waals surface area contributed by atoms with Gasteiger partial charge in [-0.05, 0) is 25.1 Å². The molecule has 3 rings (SSSR count). The molecule has 0 radical (unpaired) electrons. The molecule has 2 aromatic carbocycles. The molecule has 0 atom stereocenters. The van der Waals surface area contributed by atoms with Crippen LogP contribution in [0.1, 0.15) is 20.9 Å². The van der Waals surface area contributed by atoms with Crippen molar-refractivity contribution in [3.8, 4) is 16.3 Å². The Balaban J connectivity index is 1.67. The van der Waals surface area contributed by atoms with Gasteiger partial charge in [0.1, 0.15) is 17.4 Å². The van der Waals surface area contributed by atoms with E-state index >= 15 is 0 Å². The fourth-order valence-electron chi connectivity index (χ4n) is 2.41. The first-order valence-corrected chi connectivity index (χ1v) is 9.15. The molecule has 0 aliphatic carbocycles. The number of hydrogen-bond donors (Lipinski definition) is 2. The van der Waals surface area contributed by atoms with E-state index in [9.17, 15) is 9.59 Å². The van der Waals surface area contributed by atoms with Gasteiger partial charge in [0.25, 0.3) is 5.91 Å². The van der Waals surface area contributed by atoms with Crippen LogP contribution in [0.2, 0.25) is 0 Å². The number of hydrogen-bond acceptors (Lipinski definition) is 5. The molecule has 0 fully saturated rings. The summed E-state index contributed by atoms with van der Waals surface area (Å²) >= 11 is 1.59. The molecule has 1 heterocycles. The number of aryl methyl sites for hydroxylation is 1. The molecule has 0 unspecified atom stereocenters. The standard InChI is InChI=1S/C20H19N3O3S/c1-13-17(27-20(23-13)14-6-3-2-4-7-14)12-26-16-9-5-8-15(10-16)19(25)22-11-18(21)24/h2-10H,11-12H2,1H3,(H2,21,24)(H,22,25). The Kier molecular flexibility index (Phi) is 5.83. The maximum absolute atomic E-state index is 12.0. The lowest BCUT2D eigenvalue weighted by molar-refractivity contribution is -0.117. The molecule has 138 valence electrons. The van der Waals surface area contributed by atoms with Crippen molar-refractivity contribution >= 4 is 23.2 Å². The van der Waals surface area contributed by atoms with Gasteiger partial charge in [0, 0.05) is 11.1 Å². The highest BCUT2D eigenvalue weighted by atomic mass is 32.1. The quantitative estimate of drug-likeness (QED) is 0.658. The van der Waals surface area contributed by atoms with Gasteiger partial charge in [-0.1, -0.05) is 36.4 Å². The normalized spacial score (nSPS) is 10.4. The van der Waals surface area contributed by atoms with Crippen LogP contribution in [0.5, 0.6) is 5.75 Å². The molecular weight excluding hydrogens is 362 g/mol. The zero-order valence-electron chi connectivity index (χ0n) is 14.8. The molecule has 0 bridgehead atoms. The predicted molar refractivity (Wildman–Crippen MR) is 105 cm³/mol. The van der Waals surface area contributed by atoms with Gasteiger partial charge < -0.3 is 15.8 Å². The summed E-state index contributed by atoms with van der Waals surface area (Å²) < 4.78 is 5.84. The van der Waals surface area contributed by atoms with E-state index in [4.69, 9.17) is 10.5 Å². The third kappa shape index (κ3) is 4.92. The van der Waals surface area contributed by atoms with E-state index in [-0.39, 0.29) is 12.5 Å². The number of primary amides is 1. The molecule has 6 nitrogen and oxygen atoms in total. The molecule has 0 aliphatic heterocycles. The highest BCUT2D eigenvalue weighted by molar-refractivity contribution is 7.15. The molecule has 1 aromatic heterocycles. The zero-order valence-corrected chi connectivity index (χ0v) is 15.6. The number of aromatic nitrogens is 1. The summed E-state index contributed by atoms with van der Waals surface area (Å²) in [5.41, 5.74) is 7.44. The Bertz CT molecular complexity index is 954. The molecule has 0 saturated heterocycles. The molecular formula is C20H19N3O3S. The first-order valence-electron chi connectivity index (χ1n) is 8.34. The fourth-order valence-corrected chi connectivity index (χ4v) is 3.39. The molecule has 2 amide bonds. The van der Waals surface area contributed by atoms with E-state index < -0.39 is 5.91 Å². The third-order valence-electron chi connectivity index (χ3n) is 3.80. The highest BCUT2D eigenvalue weighted by Gasteiger charge is 2.11. The molecule has 7 heteroatoms. The summed E-state index contributed by atoms with van der Waals surface area (Å²) in [6, 6.07) is 16.8. The van der Waals surface area contributed by atoms with E-state index in [1.54, 1.807) is 35.6 Å². The average molecular weight is 381 g/mol. The van der Waals surface area contributed by atoms with Gasteiger partial charge in [-0.15, -0.1) is 11.3 Å². The molecule has 27 heavy (non-hydrogen) atoms. The smallest absolute Gasteiger partial charge is 0.251 e. The third-order valence-corrected chi connectivity index (χ3v) is 4.98. The van der Waals surface area contributed by atoms with Crippen molar-refractivity contribution in [3.63, 3.8) is 0 Å². The lowest BCUT2D eigenvalue weighted by Gasteiger charge is -2.07. The number of nitrogens with one attached hydrogen (secondary N) is 1. The number of rotatable bonds is 7. The van der Waals surface area contributed by atoms with Crippen LogP contribution in [-0.4, -0.2) is 23.3 Å². The first kappa shape index (κ1) is 18.6. The second-order valence-corrected chi connectivity index (χ2v) is 6.94. The van der Waals surface area contributed by atoms with E-state index in [1.807, 2.05) is 37.3 Å². The number of carbonyl (C=O) groups is 2. The SMILES string of the molecule is Cc1nc(-c2ccccc2)sc1COc1cccc(C(=O)NCC(N)=O)c1.